The summed E-state index contributed by atoms with van der Waals surface area (Å²) in [5.41, 5.74) is 0.822. The zero-order chi connectivity index (χ0) is 25.0. The van der Waals surface area contributed by atoms with Crippen molar-refractivity contribution < 1.29 is 14.3 Å². The fourth-order valence-corrected chi connectivity index (χ4v) is 3.64. The number of hydrogen-bond donors (Lipinski definition) is 4. The first-order valence-electron chi connectivity index (χ1n) is 11.3. The van der Waals surface area contributed by atoms with Crippen LogP contribution in [0.4, 0.5) is 10.5 Å². The molecule has 0 saturated carbocycles. The maximum absolute atomic E-state index is 12.9. The maximum atomic E-state index is 12.9. The van der Waals surface area contributed by atoms with E-state index in [4.69, 9.17) is 10.1 Å². The van der Waals surface area contributed by atoms with Crippen LogP contribution in [0.5, 0.6) is 0 Å². The van der Waals surface area contributed by atoms with Crippen LogP contribution in [0.25, 0.3) is 0 Å². The van der Waals surface area contributed by atoms with Gasteiger partial charge in [-0.15, -0.1) is 0 Å². The standard InChI is InChI=1S/C24H32N6O4/c1-14(2)28-17-13-26-19-11-10-18(30(19)22(17)32)21(31)27-12-15-6-8-16(9-7-15)20(25)29-23(33)34-24(3,4)5/h6-9,13-14,18,28H,10-12H2,1-5H3,(H,27,31)(H2,25,29,33). The van der Waals surface area contributed by atoms with Crippen LogP contribution in [0.1, 0.15) is 64.0 Å². The third-order valence-electron chi connectivity index (χ3n) is 5.11. The third-order valence-corrected chi connectivity index (χ3v) is 5.11. The predicted octanol–water partition coefficient (Wildman–Crippen LogP) is 2.72. The minimum atomic E-state index is -0.692. The number of carbonyl (C=O) groups excluding carboxylic acids is 2. The van der Waals surface area contributed by atoms with Crippen molar-refractivity contribution in [1.82, 2.24) is 20.2 Å². The number of benzene rings is 1. The SMILES string of the molecule is CC(C)Nc1cnc2n(c1=O)C(C(=O)NCc1ccc(C(=N)NC(=O)OC(C)(C)C)cc1)CC2. The van der Waals surface area contributed by atoms with Crippen molar-refractivity contribution in [1.29, 1.82) is 5.41 Å². The second-order valence-electron chi connectivity index (χ2n) is 9.53. The van der Waals surface area contributed by atoms with Gasteiger partial charge in [-0.2, -0.15) is 0 Å². The number of ether oxygens (including phenoxy) is 1. The fourth-order valence-electron chi connectivity index (χ4n) is 3.64. The molecule has 10 nitrogen and oxygen atoms in total. The van der Waals surface area contributed by atoms with E-state index in [2.05, 4.69) is 20.9 Å². The molecule has 1 aliphatic rings. The molecule has 1 aromatic carbocycles. The average Bonchev–Trinajstić information content (AvgIpc) is 3.17. The van der Waals surface area contributed by atoms with Crippen molar-refractivity contribution in [3.05, 3.63) is 57.8 Å². The van der Waals surface area contributed by atoms with E-state index in [1.165, 1.54) is 10.8 Å². The first-order valence-corrected chi connectivity index (χ1v) is 11.3. The Balaban J connectivity index is 1.60. The monoisotopic (exact) mass is 468 g/mol. The number of nitrogens with zero attached hydrogens (tertiary/aromatic N) is 2. The number of amidine groups is 1. The van der Waals surface area contributed by atoms with Gasteiger partial charge in [0.15, 0.2) is 0 Å². The second-order valence-corrected chi connectivity index (χ2v) is 9.53. The molecule has 0 spiro atoms. The van der Waals surface area contributed by atoms with E-state index in [0.717, 1.165) is 5.56 Å². The highest BCUT2D eigenvalue weighted by Crippen LogP contribution is 2.23. The van der Waals surface area contributed by atoms with Crippen molar-refractivity contribution in [2.45, 2.75) is 71.7 Å². The van der Waals surface area contributed by atoms with Gasteiger partial charge >= 0.3 is 6.09 Å². The van der Waals surface area contributed by atoms with Crippen LogP contribution in [0.3, 0.4) is 0 Å². The molecule has 1 aliphatic heterocycles. The van der Waals surface area contributed by atoms with Gasteiger partial charge in [0.25, 0.3) is 5.56 Å². The van der Waals surface area contributed by atoms with Gasteiger partial charge in [0, 0.05) is 24.6 Å². The molecule has 0 aliphatic carbocycles. The van der Waals surface area contributed by atoms with Gasteiger partial charge in [-0.05, 0) is 46.6 Å². The van der Waals surface area contributed by atoms with Crippen LogP contribution < -0.4 is 21.5 Å². The predicted molar refractivity (Wildman–Crippen MR) is 129 cm³/mol. The van der Waals surface area contributed by atoms with Gasteiger partial charge in [0.1, 0.15) is 29.0 Å². The summed E-state index contributed by atoms with van der Waals surface area (Å²) >= 11 is 0. The maximum Gasteiger partial charge on any atom is 0.413 e. The smallest absolute Gasteiger partial charge is 0.413 e. The van der Waals surface area contributed by atoms with Crippen molar-refractivity contribution in [2.75, 3.05) is 5.32 Å². The zero-order valence-corrected chi connectivity index (χ0v) is 20.2. The lowest BCUT2D eigenvalue weighted by Gasteiger charge is -2.19. The number of carbonyl (C=O) groups is 2. The van der Waals surface area contributed by atoms with Gasteiger partial charge in [-0.1, -0.05) is 24.3 Å². The van der Waals surface area contributed by atoms with Gasteiger partial charge in [0.2, 0.25) is 5.91 Å². The molecule has 1 aromatic heterocycles. The Morgan fingerprint density at radius 2 is 1.91 bits per heavy atom. The van der Waals surface area contributed by atoms with Gasteiger partial charge < -0.3 is 15.4 Å². The number of amides is 2. The average molecular weight is 469 g/mol. The van der Waals surface area contributed by atoms with Gasteiger partial charge in [0.05, 0.1) is 6.20 Å². The third kappa shape index (κ3) is 6.21. The molecule has 182 valence electrons. The molecule has 34 heavy (non-hydrogen) atoms. The molecule has 10 heteroatoms. The Bertz CT molecular complexity index is 1130. The number of aryl methyl sites for hydroxylation is 1. The van der Waals surface area contributed by atoms with E-state index in [0.29, 0.717) is 29.9 Å². The van der Waals surface area contributed by atoms with Crippen molar-refractivity contribution in [2.24, 2.45) is 0 Å². The largest absolute Gasteiger partial charge is 0.444 e. The molecule has 0 fully saturated rings. The molecule has 2 amide bonds. The van der Waals surface area contributed by atoms with Crippen molar-refractivity contribution in [3.8, 4) is 0 Å². The summed E-state index contributed by atoms with van der Waals surface area (Å²) in [5, 5.41) is 16.4. The van der Waals surface area contributed by atoms with E-state index >= 15 is 0 Å². The Kier molecular flexibility index (Phi) is 7.38. The zero-order valence-electron chi connectivity index (χ0n) is 20.2. The molecular weight excluding hydrogens is 436 g/mol. The summed E-state index contributed by atoms with van der Waals surface area (Å²) in [6, 6.07) is 6.37. The molecule has 0 saturated heterocycles. The lowest BCUT2D eigenvalue weighted by Crippen LogP contribution is -2.37. The molecule has 2 aromatic rings. The number of aromatic nitrogens is 2. The molecular formula is C24H32N6O4. The summed E-state index contributed by atoms with van der Waals surface area (Å²) in [5.74, 6) is 0.289. The first-order chi connectivity index (χ1) is 15.9. The highest BCUT2D eigenvalue weighted by Gasteiger charge is 2.31. The Morgan fingerprint density at radius 1 is 1.24 bits per heavy atom. The number of hydrogen-bond acceptors (Lipinski definition) is 7. The van der Waals surface area contributed by atoms with Crippen LogP contribution in [-0.4, -0.2) is 39.0 Å². The topological polar surface area (TPSA) is 138 Å². The molecule has 4 N–H and O–H groups in total. The Labute approximate surface area is 198 Å². The highest BCUT2D eigenvalue weighted by atomic mass is 16.6. The van der Waals surface area contributed by atoms with Crippen molar-refractivity contribution >= 4 is 23.5 Å². The quantitative estimate of drug-likeness (QED) is 0.380. The van der Waals surface area contributed by atoms with Crippen LogP contribution in [0, 0.1) is 5.41 Å². The van der Waals surface area contributed by atoms with Crippen LogP contribution >= 0.6 is 0 Å². The second kappa shape index (κ2) is 10.1. The summed E-state index contributed by atoms with van der Waals surface area (Å²) in [6.07, 6.45) is 1.93. The number of nitrogens with one attached hydrogen (secondary N) is 4. The number of alkyl carbamates (subject to hydrolysis) is 1. The molecule has 0 radical (unpaired) electrons. The minimum Gasteiger partial charge on any atom is -0.444 e. The normalized spacial score (nSPS) is 14.9. The lowest BCUT2D eigenvalue weighted by atomic mass is 10.1. The number of anilines is 1. The molecule has 1 atom stereocenters. The first kappa shape index (κ1) is 24.9. The Hall–Kier alpha value is -3.69. The minimum absolute atomic E-state index is 0.0746. The Morgan fingerprint density at radius 3 is 2.53 bits per heavy atom. The molecule has 3 rings (SSSR count). The van der Waals surface area contributed by atoms with E-state index in [9.17, 15) is 14.4 Å². The number of rotatable bonds is 6. The lowest BCUT2D eigenvalue weighted by molar-refractivity contribution is -0.124. The fraction of sp³-hybridized carbons (Fsp3) is 0.458. The van der Waals surface area contributed by atoms with E-state index in [-0.39, 0.29) is 29.9 Å². The molecule has 2 heterocycles. The number of fused-ring (bicyclic) bond motifs is 1. The van der Waals surface area contributed by atoms with Crippen LogP contribution in [0.2, 0.25) is 0 Å². The van der Waals surface area contributed by atoms with Crippen LogP contribution in [0.15, 0.2) is 35.3 Å². The van der Waals surface area contributed by atoms with E-state index in [1.54, 1.807) is 45.0 Å². The highest BCUT2D eigenvalue weighted by molar-refractivity contribution is 6.04. The summed E-state index contributed by atoms with van der Waals surface area (Å²) in [4.78, 5) is 41.9. The molecule has 1 unspecified atom stereocenters. The van der Waals surface area contributed by atoms with E-state index in [1.807, 2.05) is 13.8 Å². The molecule has 0 bridgehead atoms. The summed E-state index contributed by atoms with van der Waals surface area (Å²) in [7, 11) is 0. The van der Waals surface area contributed by atoms with Gasteiger partial charge in [-0.3, -0.25) is 24.9 Å². The summed E-state index contributed by atoms with van der Waals surface area (Å²) < 4.78 is 6.63. The van der Waals surface area contributed by atoms with Crippen molar-refractivity contribution in [3.63, 3.8) is 0 Å². The van der Waals surface area contributed by atoms with Gasteiger partial charge in [-0.25, -0.2) is 9.78 Å². The van der Waals surface area contributed by atoms with E-state index < -0.39 is 17.7 Å². The summed E-state index contributed by atoms with van der Waals surface area (Å²) in [6.45, 7) is 9.38. The van der Waals surface area contributed by atoms with Crippen LogP contribution in [-0.2, 0) is 22.5 Å².